The van der Waals surface area contributed by atoms with E-state index in [1.165, 1.54) is 6.42 Å². The number of alkyl halides is 3. The van der Waals surface area contributed by atoms with Crippen LogP contribution in [-0.2, 0) is 4.79 Å². The zero-order valence-electron chi connectivity index (χ0n) is 13.5. The van der Waals surface area contributed by atoms with Gasteiger partial charge in [-0.3, -0.25) is 4.79 Å². The van der Waals surface area contributed by atoms with Crippen LogP contribution in [0.5, 0.6) is 0 Å². The van der Waals surface area contributed by atoms with Crippen molar-refractivity contribution in [3.05, 3.63) is 0 Å². The Labute approximate surface area is 142 Å². The summed E-state index contributed by atoms with van der Waals surface area (Å²) in [5.74, 6) is -1.40. The van der Waals surface area contributed by atoms with Crippen LogP contribution in [0.15, 0.2) is 0 Å². The van der Waals surface area contributed by atoms with Gasteiger partial charge in [-0.25, -0.2) is 0 Å². The Kier molecular flexibility index (Phi) is 7.65. The predicted octanol–water partition coefficient (Wildman–Crippen LogP) is 3.94. The quantitative estimate of drug-likeness (QED) is 0.801. The summed E-state index contributed by atoms with van der Waals surface area (Å²) in [6, 6.07) is -0.341. The van der Waals surface area contributed by atoms with Crippen LogP contribution >= 0.6 is 12.4 Å². The smallest absolute Gasteiger partial charge is 0.353 e. The molecule has 0 aromatic carbocycles. The third-order valence-electron chi connectivity index (χ3n) is 5.39. The van der Waals surface area contributed by atoms with Gasteiger partial charge in [-0.2, -0.15) is 13.2 Å². The van der Waals surface area contributed by atoms with Crippen LogP contribution in [0.1, 0.15) is 64.2 Å². The minimum atomic E-state index is -4.15. The molecule has 2 atom stereocenters. The van der Waals surface area contributed by atoms with Crippen LogP contribution in [-0.4, -0.2) is 24.7 Å². The highest BCUT2D eigenvalue weighted by atomic mass is 35.5. The molecule has 7 heteroatoms. The molecule has 2 unspecified atom stereocenters. The maximum Gasteiger partial charge on any atom is 0.391 e. The van der Waals surface area contributed by atoms with Crippen molar-refractivity contribution in [3.8, 4) is 0 Å². The molecular weight excluding hydrogens is 329 g/mol. The predicted molar refractivity (Wildman–Crippen MR) is 86.4 cm³/mol. The maximum absolute atomic E-state index is 12.8. The lowest BCUT2D eigenvalue weighted by atomic mass is 9.71. The van der Waals surface area contributed by atoms with Crippen molar-refractivity contribution in [2.45, 2.75) is 76.4 Å². The number of nitrogens with one attached hydrogen (secondary N) is 1. The number of carbonyl (C=O) groups excluding carboxylic acids is 1. The monoisotopic (exact) mass is 356 g/mol. The molecule has 2 saturated carbocycles. The molecule has 0 heterocycles. The van der Waals surface area contributed by atoms with E-state index < -0.39 is 12.1 Å². The summed E-state index contributed by atoms with van der Waals surface area (Å²) in [5, 5.41) is 2.83. The standard InChI is InChI=1S/C16H27F3N2O.ClH/c17-16(18,19)12-5-4-6-13(9-12)21-14(22)10-15(11-20)7-2-1-3-8-15;/h12-13H,1-11,20H2,(H,21,22);1H. The molecule has 0 aliphatic heterocycles. The lowest BCUT2D eigenvalue weighted by Crippen LogP contribution is -2.44. The summed E-state index contributed by atoms with van der Waals surface area (Å²) >= 11 is 0. The molecular formula is C16H28ClF3N2O. The lowest BCUT2D eigenvalue weighted by molar-refractivity contribution is -0.184. The van der Waals surface area contributed by atoms with E-state index in [1.807, 2.05) is 0 Å². The Bertz CT molecular complexity index is 384. The van der Waals surface area contributed by atoms with Crippen LogP contribution in [0, 0.1) is 11.3 Å². The van der Waals surface area contributed by atoms with Gasteiger partial charge in [0.2, 0.25) is 5.91 Å². The first-order valence-electron chi connectivity index (χ1n) is 8.41. The summed E-state index contributed by atoms with van der Waals surface area (Å²) in [5.41, 5.74) is 5.73. The zero-order chi connectivity index (χ0) is 16.2. The summed E-state index contributed by atoms with van der Waals surface area (Å²) < 4.78 is 38.4. The molecule has 0 saturated heterocycles. The van der Waals surface area contributed by atoms with Gasteiger partial charge < -0.3 is 11.1 Å². The molecule has 0 spiro atoms. The van der Waals surface area contributed by atoms with Crippen LogP contribution in [0.3, 0.4) is 0 Å². The van der Waals surface area contributed by atoms with Crippen molar-refractivity contribution in [2.24, 2.45) is 17.1 Å². The van der Waals surface area contributed by atoms with Crippen LogP contribution in [0.25, 0.3) is 0 Å². The van der Waals surface area contributed by atoms with Gasteiger partial charge >= 0.3 is 6.18 Å². The summed E-state index contributed by atoms with van der Waals surface area (Å²) in [6.45, 7) is 0.482. The molecule has 0 bridgehead atoms. The fraction of sp³-hybridized carbons (Fsp3) is 0.938. The van der Waals surface area contributed by atoms with E-state index in [1.54, 1.807) is 0 Å². The lowest BCUT2D eigenvalue weighted by Gasteiger charge is -2.37. The maximum atomic E-state index is 12.8. The van der Waals surface area contributed by atoms with Gasteiger partial charge in [0.05, 0.1) is 5.92 Å². The van der Waals surface area contributed by atoms with Crippen LogP contribution in [0.2, 0.25) is 0 Å². The molecule has 0 radical (unpaired) electrons. The van der Waals surface area contributed by atoms with Gasteiger partial charge in [-0.15, -0.1) is 12.4 Å². The fourth-order valence-corrected chi connectivity index (χ4v) is 3.99. The minimum absolute atomic E-state index is 0. The molecule has 0 aromatic heterocycles. The summed E-state index contributed by atoms with van der Waals surface area (Å²) in [6.07, 6.45) is 2.84. The molecule has 2 aliphatic carbocycles. The third-order valence-corrected chi connectivity index (χ3v) is 5.39. The number of rotatable bonds is 4. The first-order chi connectivity index (χ1) is 10.3. The van der Waals surface area contributed by atoms with Crippen molar-refractivity contribution >= 4 is 18.3 Å². The van der Waals surface area contributed by atoms with Gasteiger partial charge in [0, 0.05) is 12.5 Å². The Hall–Kier alpha value is -0.490. The van der Waals surface area contributed by atoms with E-state index in [0.29, 0.717) is 25.8 Å². The number of halogens is 4. The summed E-state index contributed by atoms with van der Waals surface area (Å²) in [7, 11) is 0. The van der Waals surface area contributed by atoms with Crippen molar-refractivity contribution in [1.29, 1.82) is 0 Å². The van der Waals surface area contributed by atoms with Crippen LogP contribution < -0.4 is 11.1 Å². The van der Waals surface area contributed by atoms with Crippen molar-refractivity contribution in [3.63, 3.8) is 0 Å². The molecule has 2 rings (SSSR count). The van der Waals surface area contributed by atoms with Crippen molar-refractivity contribution < 1.29 is 18.0 Å². The minimum Gasteiger partial charge on any atom is -0.353 e. The average Bonchev–Trinajstić information content (AvgIpc) is 2.47. The van der Waals surface area contributed by atoms with Gasteiger partial charge in [-0.05, 0) is 44.1 Å². The third kappa shape index (κ3) is 5.82. The fourth-order valence-electron chi connectivity index (χ4n) is 3.99. The van der Waals surface area contributed by atoms with Gasteiger partial charge in [0.15, 0.2) is 0 Å². The highest BCUT2D eigenvalue weighted by molar-refractivity contribution is 5.85. The Morgan fingerprint density at radius 2 is 1.78 bits per heavy atom. The van der Waals surface area contributed by atoms with Crippen molar-refractivity contribution in [2.75, 3.05) is 6.54 Å². The molecule has 3 N–H and O–H groups in total. The van der Waals surface area contributed by atoms with E-state index in [9.17, 15) is 18.0 Å². The van der Waals surface area contributed by atoms with Gasteiger partial charge in [0.25, 0.3) is 0 Å². The number of nitrogens with two attached hydrogens (primary N) is 1. The molecule has 23 heavy (non-hydrogen) atoms. The van der Waals surface area contributed by atoms with E-state index in [0.717, 1.165) is 25.7 Å². The van der Waals surface area contributed by atoms with Gasteiger partial charge in [-0.1, -0.05) is 25.7 Å². The molecule has 1 amide bonds. The molecule has 136 valence electrons. The largest absolute Gasteiger partial charge is 0.391 e. The Balaban J connectivity index is 0.00000264. The first-order valence-corrected chi connectivity index (χ1v) is 8.41. The molecule has 0 aromatic rings. The number of hydrogen-bond acceptors (Lipinski definition) is 2. The van der Waals surface area contributed by atoms with E-state index in [2.05, 4.69) is 5.32 Å². The highest BCUT2D eigenvalue weighted by Crippen LogP contribution is 2.39. The molecule has 2 aliphatic rings. The topological polar surface area (TPSA) is 55.1 Å². The van der Waals surface area contributed by atoms with E-state index >= 15 is 0 Å². The van der Waals surface area contributed by atoms with E-state index in [4.69, 9.17) is 5.73 Å². The molecule has 3 nitrogen and oxygen atoms in total. The van der Waals surface area contributed by atoms with Crippen LogP contribution in [0.4, 0.5) is 13.2 Å². The summed E-state index contributed by atoms with van der Waals surface area (Å²) in [4.78, 5) is 12.3. The van der Waals surface area contributed by atoms with Crippen molar-refractivity contribution in [1.82, 2.24) is 5.32 Å². The Morgan fingerprint density at radius 3 is 2.35 bits per heavy atom. The highest BCUT2D eigenvalue weighted by Gasteiger charge is 2.42. The zero-order valence-corrected chi connectivity index (χ0v) is 14.3. The average molecular weight is 357 g/mol. The number of amides is 1. The normalized spacial score (nSPS) is 27.8. The number of hydrogen-bond donors (Lipinski definition) is 2. The van der Waals surface area contributed by atoms with Gasteiger partial charge in [0.1, 0.15) is 0 Å². The second-order valence-electron chi connectivity index (χ2n) is 7.11. The first kappa shape index (κ1) is 20.6. The van der Waals surface area contributed by atoms with E-state index in [-0.39, 0.29) is 42.6 Å². The molecule has 2 fully saturated rings. The second-order valence-corrected chi connectivity index (χ2v) is 7.11. The SMILES string of the molecule is Cl.NCC1(CC(=O)NC2CCCC(C(F)(F)F)C2)CCCCC1. The Morgan fingerprint density at radius 1 is 1.13 bits per heavy atom. The number of carbonyl (C=O) groups is 1. The second kappa shape index (κ2) is 8.56.